The first kappa shape index (κ1) is 20.8. The minimum atomic E-state index is -0.623. The molecule has 1 aliphatic heterocycles. The number of nitro groups is 1. The predicted octanol–water partition coefficient (Wildman–Crippen LogP) is 5.58. The lowest BCUT2D eigenvalue weighted by atomic mass is 9.78. The van der Waals surface area contributed by atoms with Gasteiger partial charge in [0.2, 0.25) is 0 Å². The number of fused-ring (bicyclic) bond motifs is 1. The molecule has 3 aromatic rings. The molecule has 2 aliphatic rings. The van der Waals surface area contributed by atoms with E-state index in [2.05, 4.69) is 10.6 Å². The highest BCUT2D eigenvalue weighted by Crippen LogP contribution is 2.45. The number of ether oxygens (including phenoxy) is 1. The molecule has 7 heteroatoms. The number of carbonyl (C=O) groups is 1. The van der Waals surface area contributed by atoms with Crippen LogP contribution < -0.4 is 15.4 Å². The quantitative estimate of drug-likeness (QED) is 0.405. The van der Waals surface area contributed by atoms with Gasteiger partial charge in [-0.05, 0) is 48.2 Å². The first-order valence-electron chi connectivity index (χ1n) is 10.8. The van der Waals surface area contributed by atoms with E-state index in [1.165, 1.54) is 6.07 Å². The fourth-order valence-electron chi connectivity index (χ4n) is 4.74. The summed E-state index contributed by atoms with van der Waals surface area (Å²) in [6, 6.07) is 21.4. The summed E-state index contributed by atoms with van der Waals surface area (Å²) in [5.41, 5.74) is 4.53. The molecule has 1 heterocycles. The monoisotopic (exact) mass is 441 g/mol. The van der Waals surface area contributed by atoms with Gasteiger partial charge >= 0.3 is 0 Å². The largest absolute Gasteiger partial charge is 0.497 e. The summed E-state index contributed by atoms with van der Waals surface area (Å²) in [5.74, 6) is 0.752. The van der Waals surface area contributed by atoms with E-state index in [-0.39, 0.29) is 17.4 Å². The average molecular weight is 441 g/mol. The zero-order valence-electron chi connectivity index (χ0n) is 18.1. The summed E-state index contributed by atoms with van der Waals surface area (Å²) >= 11 is 0. The van der Waals surface area contributed by atoms with Crippen molar-refractivity contribution in [3.63, 3.8) is 0 Å². The normalized spacial score (nSPS) is 19.5. The molecule has 33 heavy (non-hydrogen) atoms. The number of hydrogen-bond acceptors (Lipinski definition) is 6. The Hall–Kier alpha value is -4.13. The van der Waals surface area contributed by atoms with Crippen molar-refractivity contribution in [2.45, 2.75) is 24.8 Å². The Bertz CT molecular complexity index is 1270. The number of nitro benzene ring substituents is 1. The van der Waals surface area contributed by atoms with Crippen LogP contribution in [0.3, 0.4) is 0 Å². The van der Waals surface area contributed by atoms with E-state index in [1.54, 1.807) is 25.3 Å². The SMILES string of the molecule is COc1ccc([C@@H]2CC(=O)C3=C(C2)Nc2ccccc2N[C@H]3c2ccccc2[N+](=O)[O-])cc1. The number of benzene rings is 3. The van der Waals surface area contributed by atoms with Gasteiger partial charge in [0.15, 0.2) is 5.78 Å². The number of anilines is 2. The second-order valence-corrected chi connectivity index (χ2v) is 8.26. The first-order valence-corrected chi connectivity index (χ1v) is 10.8. The molecule has 0 radical (unpaired) electrons. The van der Waals surface area contributed by atoms with E-state index in [9.17, 15) is 14.9 Å². The molecule has 2 atom stereocenters. The second kappa shape index (κ2) is 8.43. The summed E-state index contributed by atoms with van der Waals surface area (Å²) in [4.78, 5) is 25.0. The molecule has 0 spiro atoms. The molecule has 0 saturated carbocycles. The number of nitrogens with zero attached hydrogens (tertiary/aromatic N) is 1. The van der Waals surface area contributed by atoms with Crippen molar-refractivity contribution in [1.82, 2.24) is 0 Å². The van der Waals surface area contributed by atoms with Crippen LogP contribution in [-0.2, 0) is 4.79 Å². The highest BCUT2D eigenvalue weighted by atomic mass is 16.6. The van der Waals surface area contributed by atoms with Gasteiger partial charge in [-0.25, -0.2) is 0 Å². The maximum Gasteiger partial charge on any atom is 0.275 e. The summed E-state index contributed by atoms with van der Waals surface area (Å²) in [6.45, 7) is 0. The third-order valence-electron chi connectivity index (χ3n) is 6.34. The third-order valence-corrected chi connectivity index (χ3v) is 6.34. The van der Waals surface area contributed by atoms with E-state index in [0.717, 1.165) is 28.4 Å². The van der Waals surface area contributed by atoms with Gasteiger partial charge in [0.05, 0.1) is 35.0 Å². The molecule has 3 aromatic carbocycles. The van der Waals surface area contributed by atoms with Gasteiger partial charge in [0, 0.05) is 23.8 Å². The standard InChI is InChI=1S/C26H23N3O4/c1-33-18-12-10-16(11-13-18)17-14-22-25(24(30)15-17)26(19-6-2-5-9-23(19)29(31)32)28-21-8-4-3-7-20(21)27-22/h2-13,17,26-28H,14-15H2,1H3/t17-,26-/m0/s1. The predicted molar refractivity (Wildman–Crippen MR) is 127 cm³/mol. The van der Waals surface area contributed by atoms with Gasteiger partial charge in [-0.1, -0.05) is 36.4 Å². The number of rotatable bonds is 4. The molecule has 0 amide bonds. The van der Waals surface area contributed by atoms with Crippen LogP contribution in [0.1, 0.15) is 35.9 Å². The van der Waals surface area contributed by atoms with Crippen molar-refractivity contribution in [2.24, 2.45) is 0 Å². The first-order chi connectivity index (χ1) is 16.0. The van der Waals surface area contributed by atoms with E-state index in [4.69, 9.17) is 4.74 Å². The number of allylic oxidation sites excluding steroid dienone is 1. The molecule has 0 unspecified atom stereocenters. The van der Waals surface area contributed by atoms with Crippen LogP contribution in [0.2, 0.25) is 0 Å². The zero-order valence-corrected chi connectivity index (χ0v) is 18.1. The van der Waals surface area contributed by atoms with Crippen LogP contribution in [-0.4, -0.2) is 17.8 Å². The Morgan fingerprint density at radius 2 is 1.64 bits per heavy atom. The Balaban J connectivity index is 1.62. The number of carbonyl (C=O) groups excluding carboxylic acids is 1. The highest BCUT2D eigenvalue weighted by molar-refractivity contribution is 6.01. The van der Waals surface area contributed by atoms with E-state index in [1.807, 2.05) is 48.5 Å². The van der Waals surface area contributed by atoms with E-state index >= 15 is 0 Å². The number of methoxy groups -OCH3 is 1. The van der Waals surface area contributed by atoms with E-state index < -0.39 is 11.0 Å². The van der Waals surface area contributed by atoms with Gasteiger partial charge < -0.3 is 15.4 Å². The molecule has 7 nitrogen and oxygen atoms in total. The van der Waals surface area contributed by atoms with Gasteiger partial charge in [0.25, 0.3) is 5.69 Å². The summed E-state index contributed by atoms with van der Waals surface area (Å²) < 4.78 is 5.26. The molecule has 0 aromatic heterocycles. The Morgan fingerprint density at radius 1 is 0.939 bits per heavy atom. The molecule has 0 fully saturated rings. The number of nitrogens with one attached hydrogen (secondary N) is 2. The lowest BCUT2D eigenvalue weighted by molar-refractivity contribution is -0.385. The van der Waals surface area contributed by atoms with Crippen molar-refractivity contribution >= 4 is 22.8 Å². The van der Waals surface area contributed by atoms with Gasteiger partial charge in [0.1, 0.15) is 5.75 Å². The van der Waals surface area contributed by atoms with Crippen LogP contribution in [0.15, 0.2) is 84.1 Å². The lowest BCUT2D eigenvalue weighted by Crippen LogP contribution is -2.27. The zero-order chi connectivity index (χ0) is 22.9. The Morgan fingerprint density at radius 3 is 2.36 bits per heavy atom. The van der Waals surface area contributed by atoms with Crippen molar-refractivity contribution in [2.75, 3.05) is 17.7 Å². The van der Waals surface area contributed by atoms with Crippen molar-refractivity contribution < 1.29 is 14.5 Å². The molecule has 0 saturated heterocycles. The van der Waals surface area contributed by atoms with Crippen molar-refractivity contribution in [3.8, 4) is 5.75 Å². The van der Waals surface area contributed by atoms with Crippen molar-refractivity contribution in [3.05, 3.63) is 105 Å². The van der Waals surface area contributed by atoms with Gasteiger partial charge in [-0.15, -0.1) is 0 Å². The van der Waals surface area contributed by atoms with Crippen LogP contribution >= 0.6 is 0 Å². The summed E-state index contributed by atoms with van der Waals surface area (Å²) in [6.07, 6.45) is 0.961. The Kier molecular flexibility index (Phi) is 5.30. The average Bonchev–Trinajstić information content (AvgIpc) is 3.01. The number of ketones is 1. The fraction of sp³-hybridized carbons (Fsp3) is 0.192. The minimum Gasteiger partial charge on any atom is -0.497 e. The molecular weight excluding hydrogens is 418 g/mol. The summed E-state index contributed by atoms with van der Waals surface area (Å²) in [7, 11) is 1.62. The van der Waals surface area contributed by atoms with Crippen LogP contribution in [0.4, 0.5) is 17.1 Å². The van der Waals surface area contributed by atoms with E-state index in [0.29, 0.717) is 24.0 Å². The van der Waals surface area contributed by atoms with Crippen LogP contribution in [0.5, 0.6) is 5.75 Å². The molecule has 5 rings (SSSR count). The maximum atomic E-state index is 13.6. The summed E-state index contributed by atoms with van der Waals surface area (Å²) in [5, 5.41) is 18.7. The minimum absolute atomic E-state index is 0.00586. The molecule has 1 aliphatic carbocycles. The van der Waals surface area contributed by atoms with Gasteiger partial charge in [-0.3, -0.25) is 14.9 Å². The molecule has 2 N–H and O–H groups in total. The Labute approximate surface area is 191 Å². The van der Waals surface area contributed by atoms with Crippen molar-refractivity contribution in [1.29, 1.82) is 0 Å². The smallest absolute Gasteiger partial charge is 0.275 e. The topological polar surface area (TPSA) is 93.5 Å². The lowest BCUT2D eigenvalue weighted by Gasteiger charge is -2.29. The highest BCUT2D eigenvalue weighted by Gasteiger charge is 2.38. The molecule has 166 valence electrons. The number of Topliss-reactive ketones (excluding diaryl/α,β-unsaturated/α-hetero) is 1. The molecular formula is C26H23N3O4. The third kappa shape index (κ3) is 3.82. The van der Waals surface area contributed by atoms with Crippen LogP contribution in [0, 0.1) is 10.1 Å². The molecule has 0 bridgehead atoms. The number of para-hydroxylation sites is 3. The second-order valence-electron chi connectivity index (χ2n) is 8.26. The maximum absolute atomic E-state index is 13.6. The van der Waals surface area contributed by atoms with Crippen LogP contribution in [0.25, 0.3) is 0 Å². The van der Waals surface area contributed by atoms with Gasteiger partial charge in [-0.2, -0.15) is 0 Å². The fourth-order valence-corrected chi connectivity index (χ4v) is 4.74. The number of hydrogen-bond donors (Lipinski definition) is 2.